The molecule has 0 saturated heterocycles. The molecule has 174 valence electrons. The summed E-state index contributed by atoms with van der Waals surface area (Å²) in [5, 5.41) is 17.0. The molecule has 7 nitrogen and oxygen atoms in total. The molecule has 0 bridgehead atoms. The van der Waals surface area contributed by atoms with Crippen LogP contribution < -0.4 is 20.1 Å². The molecular formula is C25H22ClN3O4S. The van der Waals surface area contributed by atoms with E-state index in [2.05, 4.69) is 15.0 Å². The molecule has 2 heterocycles. The highest BCUT2D eigenvalue weighted by atomic mass is 35.5. The Kier molecular flexibility index (Phi) is 6.28. The van der Waals surface area contributed by atoms with Gasteiger partial charge < -0.3 is 25.2 Å². The van der Waals surface area contributed by atoms with Crippen LogP contribution in [0.3, 0.4) is 0 Å². The highest BCUT2D eigenvalue weighted by Gasteiger charge is 2.16. The summed E-state index contributed by atoms with van der Waals surface area (Å²) in [5.74, 6) is 1.30. The lowest BCUT2D eigenvalue weighted by molar-refractivity contribution is -0.139. The number of halogens is 1. The van der Waals surface area contributed by atoms with E-state index in [1.807, 2.05) is 54.6 Å². The van der Waals surface area contributed by atoms with Crippen LogP contribution in [0, 0.1) is 0 Å². The van der Waals surface area contributed by atoms with Crippen molar-refractivity contribution in [2.45, 2.75) is 19.5 Å². The van der Waals surface area contributed by atoms with Crippen LogP contribution in [-0.4, -0.2) is 34.7 Å². The summed E-state index contributed by atoms with van der Waals surface area (Å²) in [6.07, 6.45) is 0. The largest absolute Gasteiger partial charge is 0.486 e. The van der Waals surface area contributed by atoms with E-state index in [1.165, 1.54) is 11.5 Å². The summed E-state index contributed by atoms with van der Waals surface area (Å²) in [6.45, 7) is 3.17. The van der Waals surface area contributed by atoms with Crippen molar-refractivity contribution >= 4 is 50.7 Å². The minimum atomic E-state index is -0.874. The van der Waals surface area contributed by atoms with Crippen LogP contribution in [0.5, 0.6) is 11.5 Å². The molecule has 3 N–H and O–H groups in total. The molecule has 9 heteroatoms. The average molecular weight is 496 g/mol. The molecule has 5 rings (SSSR count). The number of anilines is 2. The molecule has 0 amide bonds. The molecule has 1 aliphatic heterocycles. The van der Waals surface area contributed by atoms with Gasteiger partial charge in [0.15, 0.2) is 17.3 Å². The number of hydrogen-bond acceptors (Lipinski definition) is 7. The lowest BCUT2D eigenvalue weighted by atomic mass is 10.0. The first kappa shape index (κ1) is 22.5. The van der Waals surface area contributed by atoms with Gasteiger partial charge in [-0.05, 0) is 59.9 Å². The van der Waals surface area contributed by atoms with Crippen molar-refractivity contribution in [1.29, 1.82) is 0 Å². The molecule has 0 radical (unpaired) electrons. The van der Waals surface area contributed by atoms with Gasteiger partial charge in [-0.3, -0.25) is 4.79 Å². The molecule has 4 aromatic rings. The number of ether oxygens (including phenoxy) is 2. The highest BCUT2D eigenvalue weighted by Crippen LogP contribution is 2.40. The van der Waals surface area contributed by atoms with Crippen LogP contribution in [0.15, 0.2) is 54.6 Å². The number of fused-ring (bicyclic) bond motifs is 2. The Morgan fingerprint density at radius 2 is 1.97 bits per heavy atom. The van der Waals surface area contributed by atoms with Crippen molar-refractivity contribution in [2.75, 3.05) is 18.5 Å². The number of rotatable bonds is 7. The molecular weight excluding hydrogens is 474 g/mol. The van der Waals surface area contributed by atoms with E-state index in [0.29, 0.717) is 30.5 Å². The van der Waals surface area contributed by atoms with Crippen LogP contribution in [-0.2, 0) is 11.3 Å². The van der Waals surface area contributed by atoms with Crippen LogP contribution in [0.25, 0.3) is 21.2 Å². The number of carboxylic acids is 1. The molecule has 1 atom stereocenters. The van der Waals surface area contributed by atoms with Gasteiger partial charge in [-0.2, -0.15) is 4.37 Å². The van der Waals surface area contributed by atoms with Gasteiger partial charge in [0.05, 0.1) is 15.4 Å². The lowest BCUT2D eigenvalue weighted by Gasteiger charge is -2.19. The molecule has 34 heavy (non-hydrogen) atoms. The zero-order valence-electron chi connectivity index (χ0n) is 18.3. The average Bonchev–Trinajstić information content (AvgIpc) is 3.25. The third kappa shape index (κ3) is 4.52. The van der Waals surface area contributed by atoms with Crippen molar-refractivity contribution in [3.8, 4) is 22.6 Å². The van der Waals surface area contributed by atoms with Gasteiger partial charge in [0.1, 0.15) is 19.3 Å². The minimum absolute atomic E-state index is 0.466. The zero-order chi connectivity index (χ0) is 23.7. The van der Waals surface area contributed by atoms with E-state index in [4.69, 9.17) is 26.2 Å². The normalized spacial score (nSPS) is 13.6. The quantitative estimate of drug-likeness (QED) is 0.303. The standard InChI is InChI=1S/C25H22ClN3O4S/c1-14(25(30)31)27-13-15-5-7-18-22(11-15)34-29-24(18)28-19-4-2-3-17(23(19)26)16-6-8-20-21(12-16)33-10-9-32-20/h2-8,11-12,14,27H,9-10,13H2,1H3,(H,28,29)(H,30,31)/t14-/m0/s1. The van der Waals surface area contributed by atoms with Crippen molar-refractivity contribution in [1.82, 2.24) is 9.69 Å². The van der Waals surface area contributed by atoms with E-state index in [9.17, 15) is 4.79 Å². The van der Waals surface area contributed by atoms with E-state index in [0.717, 1.165) is 44.0 Å². The second kappa shape index (κ2) is 9.50. The van der Waals surface area contributed by atoms with Gasteiger partial charge in [0.25, 0.3) is 0 Å². The minimum Gasteiger partial charge on any atom is -0.486 e. The van der Waals surface area contributed by atoms with Gasteiger partial charge in [-0.25, -0.2) is 0 Å². The Hall–Kier alpha value is -3.33. The predicted molar refractivity (Wildman–Crippen MR) is 135 cm³/mol. The van der Waals surface area contributed by atoms with E-state index in [-0.39, 0.29) is 0 Å². The SMILES string of the molecule is C[C@H](NCc1ccc2c(Nc3cccc(-c4ccc5c(c4)OCCO5)c3Cl)nsc2c1)C(=O)O. The summed E-state index contributed by atoms with van der Waals surface area (Å²) in [4.78, 5) is 11.0. The molecule has 0 aliphatic carbocycles. The predicted octanol–water partition coefficient (Wildman–Crippen LogP) is 5.69. The van der Waals surface area contributed by atoms with Crippen LogP contribution in [0.1, 0.15) is 12.5 Å². The molecule has 0 saturated carbocycles. The van der Waals surface area contributed by atoms with Crippen molar-refractivity contribution in [3.63, 3.8) is 0 Å². The number of hydrogen-bond donors (Lipinski definition) is 3. The van der Waals surface area contributed by atoms with Crippen molar-refractivity contribution < 1.29 is 19.4 Å². The highest BCUT2D eigenvalue weighted by molar-refractivity contribution is 7.13. The first-order valence-corrected chi connectivity index (χ1v) is 11.9. The third-order valence-electron chi connectivity index (χ3n) is 5.62. The van der Waals surface area contributed by atoms with Crippen molar-refractivity contribution in [3.05, 3.63) is 65.2 Å². The van der Waals surface area contributed by atoms with E-state index >= 15 is 0 Å². The Labute approximate surface area is 205 Å². The number of nitrogens with zero attached hydrogens (tertiary/aromatic N) is 1. The fourth-order valence-electron chi connectivity index (χ4n) is 3.73. The van der Waals surface area contributed by atoms with Gasteiger partial charge in [-0.1, -0.05) is 35.9 Å². The smallest absolute Gasteiger partial charge is 0.320 e. The van der Waals surface area contributed by atoms with Crippen LogP contribution in [0.2, 0.25) is 5.02 Å². The lowest BCUT2D eigenvalue weighted by Crippen LogP contribution is -2.33. The topological polar surface area (TPSA) is 92.7 Å². The second-order valence-electron chi connectivity index (χ2n) is 7.95. The Morgan fingerprint density at radius 1 is 1.15 bits per heavy atom. The molecule has 0 fully saturated rings. The Bertz CT molecular complexity index is 1370. The third-order valence-corrected chi connectivity index (χ3v) is 6.84. The number of aliphatic carboxylic acids is 1. The summed E-state index contributed by atoms with van der Waals surface area (Å²) in [7, 11) is 0. The number of benzene rings is 3. The maximum Gasteiger partial charge on any atom is 0.320 e. The van der Waals surface area contributed by atoms with Gasteiger partial charge >= 0.3 is 5.97 Å². The molecule has 0 spiro atoms. The molecule has 0 unspecified atom stereocenters. The first-order chi connectivity index (χ1) is 16.5. The number of nitrogens with one attached hydrogen (secondary N) is 2. The number of carbonyl (C=O) groups is 1. The number of carboxylic acid groups (broad SMARTS) is 1. The molecule has 1 aliphatic rings. The maximum atomic E-state index is 11.0. The monoisotopic (exact) mass is 495 g/mol. The van der Waals surface area contributed by atoms with Gasteiger partial charge in [0, 0.05) is 17.5 Å². The number of aromatic nitrogens is 1. The van der Waals surface area contributed by atoms with Crippen molar-refractivity contribution in [2.24, 2.45) is 0 Å². The Balaban J connectivity index is 1.38. The summed E-state index contributed by atoms with van der Waals surface area (Å²) in [5.41, 5.74) is 3.56. The fraction of sp³-hybridized carbons (Fsp3) is 0.200. The van der Waals surface area contributed by atoms with Gasteiger partial charge in [-0.15, -0.1) is 0 Å². The van der Waals surface area contributed by atoms with E-state index in [1.54, 1.807) is 6.92 Å². The molecule has 3 aromatic carbocycles. The summed E-state index contributed by atoms with van der Waals surface area (Å²) in [6, 6.07) is 17.0. The maximum absolute atomic E-state index is 11.0. The van der Waals surface area contributed by atoms with E-state index < -0.39 is 12.0 Å². The fourth-order valence-corrected chi connectivity index (χ4v) is 4.81. The van der Waals surface area contributed by atoms with Crippen LogP contribution in [0.4, 0.5) is 11.5 Å². The Morgan fingerprint density at radius 3 is 2.79 bits per heavy atom. The summed E-state index contributed by atoms with van der Waals surface area (Å²) < 4.78 is 16.9. The second-order valence-corrected chi connectivity index (χ2v) is 9.14. The summed E-state index contributed by atoms with van der Waals surface area (Å²) >= 11 is 8.18. The van der Waals surface area contributed by atoms with Gasteiger partial charge in [0.2, 0.25) is 0 Å². The first-order valence-electron chi connectivity index (χ1n) is 10.8. The molecule has 1 aromatic heterocycles. The van der Waals surface area contributed by atoms with Crippen LogP contribution >= 0.6 is 23.1 Å². The zero-order valence-corrected chi connectivity index (χ0v) is 19.9.